The summed E-state index contributed by atoms with van der Waals surface area (Å²) in [6.07, 6.45) is 6.07. The lowest BCUT2D eigenvalue weighted by molar-refractivity contribution is 0.567. The van der Waals surface area contributed by atoms with Gasteiger partial charge in [-0.3, -0.25) is 4.98 Å². The molecule has 0 saturated carbocycles. The van der Waals surface area contributed by atoms with Crippen molar-refractivity contribution in [2.45, 2.75) is 236 Å². The van der Waals surface area contributed by atoms with Crippen molar-refractivity contribution in [3.05, 3.63) is 329 Å². The van der Waals surface area contributed by atoms with Crippen LogP contribution >= 0.6 is 11.3 Å². The van der Waals surface area contributed by atoms with Crippen LogP contribution in [0.4, 0.5) is 0 Å². The highest BCUT2D eigenvalue weighted by molar-refractivity contribution is 7.07. The number of fused-ring (bicyclic) bond motifs is 1. The Morgan fingerprint density at radius 2 is 0.573 bits per heavy atom. The number of nitrogens with zero attached hydrogens (tertiary/aromatic N) is 1. The largest absolute Gasteiger partial charge is 0.473 e. The number of benzene rings is 8. The quantitative estimate of drug-likeness (QED) is 0.176. The SMILES string of the molecule is C.C.C.CC.CC.CC.CC.CC.CC.CC.CC.CC.CC.CC.CC.Cc1ccc(-c2ccccc2)cc1.Cc1ccc(Cc2ccc(C)c(C)c2)cc1.Cc1ccccc1.Cc1ccccn1.c1ccc2ccccc2c1.c1ccccc1.c1ccoc1.c1ccsc1. The van der Waals surface area contributed by atoms with Gasteiger partial charge in [0.25, 0.3) is 0 Å². The fourth-order valence-electron chi connectivity index (χ4n) is 6.19. The van der Waals surface area contributed by atoms with E-state index in [1.165, 1.54) is 60.8 Å². The van der Waals surface area contributed by atoms with Crippen LogP contribution in [0.2, 0.25) is 0 Å². The first-order valence-corrected chi connectivity index (χ1v) is 36.2. The molecule has 0 aliphatic rings. The van der Waals surface area contributed by atoms with Crippen LogP contribution in [0.3, 0.4) is 0 Å². The first-order valence-electron chi connectivity index (χ1n) is 35.3. The minimum Gasteiger partial charge on any atom is -0.473 e. The minimum absolute atomic E-state index is 0. The second-order valence-corrected chi connectivity index (χ2v) is 16.8. The normalized spacial score (nSPS) is 7.48. The van der Waals surface area contributed by atoms with Crippen molar-refractivity contribution >= 4 is 22.1 Å². The molecular formula is C93H151NOS. The lowest BCUT2D eigenvalue weighted by Crippen LogP contribution is -1.90. The summed E-state index contributed by atoms with van der Waals surface area (Å²) in [7, 11) is 0. The Kier molecular flexibility index (Phi) is 124. The Morgan fingerprint density at radius 1 is 0.271 bits per heavy atom. The van der Waals surface area contributed by atoms with Gasteiger partial charge in [-0.2, -0.15) is 11.3 Å². The molecular weight excluding hydrogens is 1180 g/mol. The zero-order valence-electron chi connectivity index (χ0n) is 65.1. The molecule has 11 rings (SSSR count). The molecule has 11 aromatic rings. The molecule has 540 valence electrons. The second-order valence-electron chi connectivity index (χ2n) is 16.0. The molecule has 0 bridgehead atoms. The van der Waals surface area contributed by atoms with E-state index in [0.29, 0.717) is 0 Å². The number of hydrogen-bond donors (Lipinski definition) is 0. The lowest BCUT2D eigenvalue weighted by Gasteiger charge is -2.06. The average Bonchev–Trinajstić information content (AvgIpc) is 1.91. The van der Waals surface area contributed by atoms with Gasteiger partial charge in [0.2, 0.25) is 0 Å². The minimum atomic E-state index is 0. The number of aromatic nitrogens is 1. The first kappa shape index (κ1) is 115. The topological polar surface area (TPSA) is 26.0 Å². The predicted octanol–water partition coefficient (Wildman–Crippen LogP) is 33.0. The van der Waals surface area contributed by atoms with Crippen LogP contribution in [-0.2, 0) is 6.42 Å². The van der Waals surface area contributed by atoms with E-state index < -0.39 is 0 Å². The number of aryl methyl sites for hydroxylation is 6. The van der Waals surface area contributed by atoms with Gasteiger partial charge in [-0.25, -0.2) is 0 Å². The van der Waals surface area contributed by atoms with Crippen molar-refractivity contribution in [3.63, 3.8) is 0 Å². The molecule has 3 heteroatoms. The summed E-state index contributed by atoms with van der Waals surface area (Å²) in [5, 5.41) is 6.70. The van der Waals surface area contributed by atoms with Crippen LogP contribution in [0.1, 0.15) is 233 Å². The van der Waals surface area contributed by atoms with Gasteiger partial charge in [0.05, 0.1) is 12.5 Å². The molecule has 2 nitrogen and oxygen atoms in total. The first-order chi connectivity index (χ1) is 45.8. The number of thiophene rings is 1. The zero-order valence-corrected chi connectivity index (χ0v) is 65.9. The van der Waals surface area contributed by atoms with E-state index in [4.69, 9.17) is 0 Å². The fourth-order valence-corrected chi connectivity index (χ4v) is 6.64. The van der Waals surface area contributed by atoms with Gasteiger partial charge in [-0.1, -0.05) is 436 Å². The van der Waals surface area contributed by atoms with E-state index in [-0.39, 0.29) is 22.3 Å². The van der Waals surface area contributed by atoms with Gasteiger partial charge in [-0.15, -0.1) is 0 Å². The molecule has 0 N–H and O–H groups in total. The maximum atomic E-state index is 4.58. The van der Waals surface area contributed by atoms with Gasteiger partial charge < -0.3 is 4.42 Å². The number of furan rings is 1. The highest BCUT2D eigenvalue weighted by atomic mass is 32.1. The van der Waals surface area contributed by atoms with E-state index in [9.17, 15) is 0 Å². The zero-order chi connectivity index (χ0) is 73.0. The second kappa shape index (κ2) is 103. The molecule has 96 heavy (non-hydrogen) atoms. The maximum Gasteiger partial charge on any atom is 0.0902 e. The van der Waals surface area contributed by atoms with Crippen LogP contribution in [0.15, 0.2) is 289 Å². The summed E-state index contributed by atoms with van der Waals surface area (Å²) in [5.41, 5.74) is 13.1. The highest BCUT2D eigenvalue weighted by Crippen LogP contribution is 2.19. The van der Waals surface area contributed by atoms with Crippen LogP contribution in [0.25, 0.3) is 21.9 Å². The molecule has 0 unspecified atom stereocenters. The summed E-state index contributed by atoms with van der Waals surface area (Å²) >= 11 is 1.71. The van der Waals surface area contributed by atoms with Crippen molar-refractivity contribution in [2.75, 3.05) is 0 Å². The number of hydrogen-bond acceptors (Lipinski definition) is 3. The van der Waals surface area contributed by atoms with Crippen LogP contribution in [-0.4, -0.2) is 4.98 Å². The smallest absolute Gasteiger partial charge is 0.0902 e. The Labute approximate surface area is 604 Å². The number of pyridine rings is 1. The van der Waals surface area contributed by atoms with Crippen molar-refractivity contribution < 1.29 is 4.42 Å². The standard InChI is InChI=1S/C16H18.C13H12.C10H8.C7H8.C6H7N.C6H6.C4H4O.C4H4S.12C2H6.3CH4/c1-12-4-7-15(8-5-12)11-16-9-6-13(2)14(3)10-16;1-11-7-9-13(10-8-11)12-5-3-2-4-6-12;1-2-6-10-8-4-3-7-9(10)5-1;1-7-5-3-2-4-6-7;1-6-4-2-3-5-7-6;1-2-4-6-5-3-1;2*1-2-4-5-3-1;12*1-2;;;/h4-10H,11H2,1-3H3;2-10H,1H3;1-8H;2-6H,1H3;2-5H,1H3;1-6H;2*1-4H;12*1-2H3;3*1H4. The third-order valence-electron chi connectivity index (χ3n) is 10.2. The van der Waals surface area contributed by atoms with Crippen LogP contribution in [0, 0.1) is 41.5 Å². The van der Waals surface area contributed by atoms with Gasteiger partial charge in [0, 0.05) is 11.9 Å². The van der Waals surface area contributed by atoms with Crippen LogP contribution < -0.4 is 0 Å². The van der Waals surface area contributed by atoms with Gasteiger partial charge in [0.1, 0.15) is 0 Å². The van der Waals surface area contributed by atoms with E-state index >= 15 is 0 Å². The number of rotatable bonds is 3. The Balaban J connectivity index is -0.0000000815. The summed E-state index contributed by atoms with van der Waals surface area (Å²) in [4.78, 5) is 3.98. The van der Waals surface area contributed by atoms with Gasteiger partial charge in [0.15, 0.2) is 0 Å². The lowest BCUT2D eigenvalue weighted by atomic mass is 10.00. The average molecular weight is 1330 g/mol. The molecule has 0 aliphatic carbocycles. The molecule has 0 saturated heterocycles. The van der Waals surface area contributed by atoms with Gasteiger partial charge >= 0.3 is 0 Å². The van der Waals surface area contributed by atoms with Gasteiger partial charge in [-0.05, 0) is 127 Å². The molecule has 0 amide bonds. The Morgan fingerprint density at radius 3 is 0.844 bits per heavy atom. The third kappa shape index (κ3) is 75.2. The van der Waals surface area contributed by atoms with Crippen molar-refractivity contribution in [1.82, 2.24) is 4.98 Å². The maximum absolute atomic E-state index is 4.58. The summed E-state index contributed by atoms with van der Waals surface area (Å²) in [6, 6.07) is 87.1. The monoisotopic (exact) mass is 1330 g/mol. The van der Waals surface area contributed by atoms with Crippen molar-refractivity contribution in [2.24, 2.45) is 0 Å². The van der Waals surface area contributed by atoms with E-state index in [0.717, 1.165) is 12.1 Å². The Bertz CT molecular complexity index is 2670. The van der Waals surface area contributed by atoms with Crippen molar-refractivity contribution in [3.8, 4) is 11.1 Å². The molecule has 0 atom stereocenters. The molecule has 3 heterocycles. The summed E-state index contributed by atoms with van der Waals surface area (Å²) in [6.45, 7) is 60.6. The molecule has 0 fully saturated rings. The van der Waals surface area contributed by atoms with Crippen LogP contribution in [0.5, 0.6) is 0 Å². The summed E-state index contributed by atoms with van der Waals surface area (Å²) < 4.78 is 4.58. The van der Waals surface area contributed by atoms with E-state index in [1.54, 1.807) is 30.1 Å². The van der Waals surface area contributed by atoms with Crippen molar-refractivity contribution in [1.29, 1.82) is 0 Å². The molecule has 0 aliphatic heterocycles. The summed E-state index contributed by atoms with van der Waals surface area (Å²) in [5.74, 6) is 0. The van der Waals surface area contributed by atoms with E-state index in [2.05, 4.69) is 196 Å². The molecule has 0 radical (unpaired) electrons. The molecule has 8 aromatic carbocycles. The predicted molar refractivity (Wildman–Crippen MR) is 456 cm³/mol. The Hall–Kier alpha value is -7.85. The molecule has 3 aromatic heterocycles. The fraction of sp³-hybridized carbons (Fsp3) is 0.366. The highest BCUT2D eigenvalue weighted by Gasteiger charge is 1.99. The van der Waals surface area contributed by atoms with E-state index in [1.807, 2.05) is 287 Å². The molecule has 0 spiro atoms. The third-order valence-corrected chi connectivity index (χ3v) is 10.8.